The molecule has 0 saturated heterocycles. The number of aromatic nitrogens is 1. The Balaban J connectivity index is 2.26. The highest BCUT2D eigenvalue weighted by Gasteiger charge is 2.22. The van der Waals surface area contributed by atoms with E-state index in [1.54, 1.807) is 11.3 Å². The summed E-state index contributed by atoms with van der Waals surface area (Å²) in [4.78, 5) is 5.64. The van der Waals surface area contributed by atoms with Gasteiger partial charge in [0.15, 0.2) is 0 Å². The molecule has 0 radical (unpaired) electrons. The van der Waals surface area contributed by atoms with Crippen molar-refractivity contribution in [2.45, 2.75) is 46.1 Å². The Morgan fingerprint density at radius 1 is 1.24 bits per heavy atom. The van der Waals surface area contributed by atoms with Gasteiger partial charge in [-0.05, 0) is 32.0 Å². The van der Waals surface area contributed by atoms with Crippen molar-refractivity contribution in [2.24, 2.45) is 0 Å². The van der Waals surface area contributed by atoms with Gasteiger partial charge in [-0.15, -0.1) is 11.3 Å². The topological polar surface area (TPSA) is 24.9 Å². The largest absolute Gasteiger partial charge is 0.375 e. The van der Waals surface area contributed by atoms with Crippen LogP contribution in [-0.4, -0.2) is 4.98 Å². The number of aryl methyl sites for hydroxylation is 1. The van der Waals surface area contributed by atoms with Gasteiger partial charge in [-0.25, -0.2) is 13.8 Å². The summed E-state index contributed by atoms with van der Waals surface area (Å²) in [6, 6.07) is 3.29. The number of halogens is 2. The minimum atomic E-state index is -0.457. The van der Waals surface area contributed by atoms with Gasteiger partial charge >= 0.3 is 0 Å². The van der Waals surface area contributed by atoms with Crippen LogP contribution >= 0.6 is 11.3 Å². The first kappa shape index (κ1) is 15.9. The summed E-state index contributed by atoms with van der Waals surface area (Å²) in [7, 11) is 0. The third-order valence-corrected chi connectivity index (χ3v) is 4.93. The molecule has 2 rings (SSSR count). The number of hydrogen-bond acceptors (Lipinski definition) is 3. The van der Waals surface area contributed by atoms with E-state index < -0.39 is 11.6 Å². The average Bonchev–Trinajstić information content (AvgIpc) is 2.76. The standard InChI is InChI=1S/C16H20F2N2S/c1-9(19-13-8-11(17)6-7-12(13)18)14-10(2)20-15(21-14)16(3,4)5/h6-9,19H,1-5H3. The van der Waals surface area contributed by atoms with Gasteiger partial charge < -0.3 is 5.32 Å². The summed E-state index contributed by atoms with van der Waals surface area (Å²) >= 11 is 1.61. The van der Waals surface area contributed by atoms with Gasteiger partial charge in [-0.2, -0.15) is 0 Å². The second-order valence-electron chi connectivity index (χ2n) is 6.21. The lowest BCUT2D eigenvalue weighted by molar-refractivity contribution is 0.584. The molecule has 1 unspecified atom stereocenters. The van der Waals surface area contributed by atoms with E-state index in [1.807, 2.05) is 13.8 Å². The molecule has 1 aromatic carbocycles. The quantitative estimate of drug-likeness (QED) is 0.842. The Morgan fingerprint density at radius 3 is 2.48 bits per heavy atom. The minimum Gasteiger partial charge on any atom is -0.375 e. The lowest BCUT2D eigenvalue weighted by Crippen LogP contribution is -2.10. The van der Waals surface area contributed by atoms with Crippen LogP contribution in [0.4, 0.5) is 14.5 Å². The molecular formula is C16H20F2N2S. The van der Waals surface area contributed by atoms with Crippen LogP contribution in [0.2, 0.25) is 0 Å². The maximum atomic E-state index is 13.7. The Hall–Kier alpha value is -1.49. The van der Waals surface area contributed by atoms with E-state index >= 15 is 0 Å². The second-order valence-corrected chi connectivity index (χ2v) is 7.24. The number of hydrogen-bond donors (Lipinski definition) is 1. The molecule has 0 aliphatic heterocycles. The lowest BCUT2D eigenvalue weighted by Gasteiger charge is -2.16. The van der Waals surface area contributed by atoms with Crippen molar-refractivity contribution < 1.29 is 8.78 Å². The maximum absolute atomic E-state index is 13.7. The Kier molecular flexibility index (Phi) is 4.33. The van der Waals surface area contributed by atoms with Crippen molar-refractivity contribution in [1.82, 2.24) is 4.98 Å². The number of nitrogens with one attached hydrogen (secondary N) is 1. The van der Waals surface area contributed by atoms with Crippen molar-refractivity contribution in [1.29, 1.82) is 0 Å². The molecule has 1 N–H and O–H groups in total. The molecule has 0 saturated carbocycles. The van der Waals surface area contributed by atoms with E-state index in [0.29, 0.717) is 0 Å². The molecule has 2 aromatic rings. The molecular weight excluding hydrogens is 290 g/mol. The Morgan fingerprint density at radius 2 is 1.90 bits per heavy atom. The van der Waals surface area contributed by atoms with Gasteiger partial charge in [0.05, 0.1) is 22.4 Å². The third-order valence-electron chi connectivity index (χ3n) is 3.17. The van der Waals surface area contributed by atoms with E-state index in [4.69, 9.17) is 0 Å². The number of benzene rings is 1. The first-order valence-corrected chi connectivity index (χ1v) is 7.69. The molecule has 114 valence electrons. The first-order chi connectivity index (χ1) is 9.68. The van der Waals surface area contributed by atoms with Crippen molar-refractivity contribution in [3.05, 3.63) is 45.4 Å². The molecule has 5 heteroatoms. The summed E-state index contributed by atoms with van der Waals surface area (Å²) in [5.41, 5.74) is 1.09. The predicted octanol–water partition coefficient (Wildman–Crippen LogP) is 5.20. The minimum absolute atomic E-state index is 0.0164. The van der Waals surface area contributed by atoms with Crippen molar-refractivity contribution >= 4 is 17.0 Å². The van der Waals surface area contributed by atoms with Crippen molar-refractivity contribution in [3.63, 3.8) is 0 Å². The summed E-state index contributed by atoms with van der Waals surface area (Å²) in [6.45, 7) is 10.2. The molecule has 0 fully saturated rings. The fourth-order valence-electron chi connectivity index (χ4n) is 2.04. The van der Waals surface area contributed by atoms with E-state index in [9.17, 15) is 8.78 Å². The van der Waals surface area contributed by atoms with E-state index in [-0.39, 0.29) is 17.1 Å². The number of nitrogens with zero attached hydrogens (tertiary/aromatic N) is 1. The van der Waals surface area contributed by atoms with Gasteiger partial charge in [-0.1, -0.05) is 20.8 Å². The monoisotopic (exact) mass is 310 g/mol. The highest BCUT2D eigenvalue weighted by molar-refractivity contribution is 7.12. The number of anilines is 1. The molecule has 0 spiro atoms. The van der Waals surface area contributed by atoms with Crippen LogP contribution < -0.4 is 5.32 Å². The van der Waals surface area contributed by atoms with Gasteiger partial charge in [0.1, 0.15) is 11.6 Å². The normalized spacial score (nSPS) is 13.3. The molecule has 1 aromatic heterocycles. The smallest absolute Gasteiger partial charge is 0.146 e. The van der Waals surface area contributed by atoms with Crippen molar-refractivity contribution in [3.8, 4) is 0 Å². The van der Waals surface area contributed by atoms with Gasteiger partial charge in [0, 0.05) is 10.3 Å². The van der Waals surface area contributed by atoms with E-state index in [2.05, 4.69) is 31.1 Å². The molecule has 0 bridgehead atoms. The molecule has 21 heavy (non-hydrogen) atoms. The van der Waals surface area contributed by atoms with E-state index in [0.717, 1.165) is 27.7 Å². The number of thiazole rings is 1. The van der Waals surface area contributed by atoms with Crippen LogP contribution in [0, 0.1) is 18.6 Å². The highest BCUT2D eigenvalue weighted by Crippen LogP contribution is 2.34. The number of rotatable bonds is 3. The summed E-state index contributed by atoms with van der Waals surface area (Å²) in [5, 5.41) is 4.07. The molecule has 1 atom stereocenters. The summed E-state index contributed by atoms with van der Waals surface area (Å²) < 4.78 is 26.9. The SMILES string of the molecule is Cc1nc(C(C)(C)C)sc1C(C)Nc1cc(F)ccc1F. The van der Waals surface area contributed by atoms with Crippen LogP contribution in [0.25, 0.3) is 0 Å². The fourth-order valence-corrected chi connectivity index (χ4v) is 3.16. The molecule has 0 aliphatic rings. The van der Waals surface area contributed by atoms with Crippen LogP contribution in [-0.2, 0) is 5.41 Å². The Bertz CT molecular complexity index is 644. The maximum Gasteiger partial charge on any atom is 0.146 e. The Labute approximate surface area is 128 Å². The zero-order valence-electron chi connectivity index (χ0n) is 12.9. The van der Waals surface area contributed by atoms with Gasteiger partial charge in [0.25, 0.3) is 0 Å². The summed E-state index contributed by atoms with van der Waals surface area (Å²) in [6.07, 6.45) is 0. The van der Waals surface area contributed by atoms with Gasteiger partial charge in [-0.3, -0.25) is 0 Å². The van der Waals surface area contributed by atoms with E-state index in [1.165, 1.54) is 6.07 Å². The zero-order chi connectivity index (χ0) is 15.8. The average molecular weight is 310 g/mol. The summed E-state index contributed by atoms with van der Waals surface area (Å²) in [5.74, 6) is -0.913. The van der Waals surface area contributed by atoms with Crippen molar-refractivity contribution in [2.75, 3.05) is 5.32 Å². The highest BCUT2D eigenvalue weighted by atomic mass is 32.1. The van der Waals surface area contributed by atoms with Crippen LogP contribution in [0.15, 0.2) is 18.2 Å². The van der Waals surface area contributed by atoms with Gasteiger partial charge in [0.2, 0.25) is 0 Å². The third kappa shape index (κ3) is 3.59. The second kappa shape index (κ2) is 5.72. The fraction of sp³-hybridized carbons (Fsp3) is 0.438. The zero-order valence-corrected chi connectivity index (χ0v) is 13.7. The predicted molar refractivity (Wildman–Crippen MR) is 83.9 cm³/mol. The van der Waals surface area contributed by atoms with Crippen LogP contribution in [0.1, 0.15) is 49.3 Å². The molecule has 2 nitrogen and oxygen atoms in total. The van der Waals surface area contributed by atoms with Crippen LogP contribution in [0.5, 0.6) is 0 Å². The van der Waals surface area contributed by atoms with Crippen LogP contribution in [0.3, 0.4) is 0 Å². The lowest BCUT2D eigenvalue weighted by atomic mass is 9.98. The molecule has 1 heterocycles. The first-order valence-electron chi connectivity index (χ1n) is 6.88. The molecule has 0 amide bonds. The molecule has 0 aliphatic carbocycles.